The smallest absolute Gasteiger partial charge is 0.0975 e. The standard InChI is InChI=1S/C16H21BrN2S/c1-16(2,3)15-13(10-18-4)20-14(19-15)9-11-6-5-7-12(17)8-11/h5-8,18H,9-10H2,1-4H3. The molecule has 2 nitrogen and oxygen atoms in total. The lowest BCUT2D eigenvalue weighted by Gasteiger charge is -2.17. The molecule has 0 radical (unpaired) electrons. The number of benzene rings is 1. The number of rotatable bonds is 4. The lowest BCUT2D eigenvalue weighted by atomic mass is 9.91. The van der Waals surface area contributed by atoms with E-state index in [0.717, 1.165) is 17.4 Å². The first kappa shape index (κ1) is 15.7. The highest BCUT2D eigenvalue weighted by Crippen LogP contribution is 2.30. The Balaban J connectivity index is 2.29. The van der Waals surface area contributed by atoms with Crippen LogP contribution in [0.4, 0.5) is 0 Å². The Bertz CT molecular complexity index is 584. The molecule has 0 aliphatic heterocycles. The van der Waals surface area contributed by atoms with E-state index in [1.54, 1.807) is 0 Å². The molecule has 0 aliphatic rings. The minimum Gasteiger partial charge on any atom is -0.315 e. The summed E-state index contributed by atoms with van der Waals surface area (Å²) in [6.07, 6.45) is 0.900. The van der Waals surface area contributed by atoms with Gasteiger partial charge in [-0.05, 0) is 24.7 Å². The van der Waals surface area contributed by atoms with Crippen molar-refractivity contribution in [3.63, 3.8) is 0 Å². The van der Waals surface area contributed by atoms with Gasteiger partial charge in [-0.2, -0.15) is 0 Å². The van der Waals surface area contributed by atoms with Gasteiger partial charge in [0.25, 0.3) is 0 Å². The van der Waals surface area contributed by atoms with Crippen LogP contribution in [0.1, 0.15) is 41.9 Å². The number of hydrogen-bond acceptors (Lipinski definition) is 3. The fourth-order valence-corrected chi connectivity index (χ4v) is 3.94. The van der Waals surface area contributed by atoms with Crippen LogP contribution < -0.4 is 5.32 Å². The Morgan fingerprint density at radius 1 is 1.30 bits per heavy atom. The van der Waals surface area contributed by atoms with Gasteiger partial charge in [-0.1, -0.05) is 48.8 Å². The summed E-state index contributed by atoms with van der Waals surface area (Å²) >= 11 is 5.35. The number of nitrogens with zero attached hydrogens (tertiary/aromatic N) is 1. The third-order valence-electron chi connectivity index (χ3n) is 3.03. The van der Waals surface area contributed by atoms with Crippen LogP contribution in [0.2, 0.25) is 0 Å². The average Bonchev–Trinajstić information content (AvgIpc) is 2.72. The molecule has 1 N–H and O–H groups in total. The number of hydrogen-bond donors (Lipinski definition) is 1. The fourth-order valence-electron chi connectivity index (χ4n) is 2.16. The summed E-state index contributed by atoms with van der Waals surface area (Å²) in [6, 6.07) is 8.45. The van der Waals surface area contributed by atoms with E-state index >= 15 is 0 Å². The summed E-state index contributed by atoms with van der Waals surface area (Å²) in [5.74, 6) is 0. The zero-order valence-electron chi connectivity index (χ0n) is 12.5. The SMILES string of the molecule is CNCc1sc(Cc2cccc(Br)c2)nc1C(C)(C)C. The topological polar surface area (TPSA) is 24.9 Å². The van der Waals surface area contributed by atoms with Gasteiger partial charge in [-0.3, -0.25) is 0 Å². The highest BCUT2D eigenvalue weighted by atomic mass is 79.9. The lowest BCUT2D eigenvalue weighted by Crippen LogP contribution is -2.16. The van der Waals surface area contributed by atoms with E-state index in [4.69, 9.17) is 4.98 Å². The lowest BCUT2D eigenvalue weighted by molar-refractivity contribution is 0.561. The molecule has 1 aromatic heterocycles. The summed E-state index contributed by atoms with van der Waals surface area (Å²) in [5, 5.41) is 4.44. The van der Waals surface area contributed by atoms with Crippen molar-refractivity contribution in [2.24, 2.45) is 0 Å². The van der Waals surface area contributed by atoms with Crippen LogP contribution in [-0.2, 0) is 18.4 Å². The van der Waals surface area contributed by atoms with Crippen molar-refractivity contribution in [3.8, 4) is 0 Å². The molecule has 0 unspecified atom stereocenters. The fraction of sp³-hybridized carbons (Fsp3) is 0.438. The van der Waals surface area contributed by atoms with Crippen LogP contribution in [0.15, 0.2) is 28.7 Å². The highest BCUT2D eigenvalue weighted by molar-refractivity contribution is 9.10. The van der Waals surface area contributed by atoms with E-state index in [1.807, 2.05) is 18.4 Å². The molecule has 0 atom stereocenters. The van der Waals surface area contributed by atoms with Crippen molar-refractivity contribution < 1.29 is 0 Å². The van der Waals surface area contributed by atoms with Gasteiger partial charge >= 0.3 is 0 Å². The summed E-state index contributed by atoms with van der Waals surface area (Å²) in [7, 11) is 1.99. The van der Waals surface area contributed by atoms with Gasteiger partial charge in [0.15, 0.2) is 0 Å². The number of nitrogens with one attached hydrogen (secondary N) is 1. The second-order valence-corrected chi connectivity index (χ2v) is 8.05. The number of aromatic nitrogens is 1. The van der Waals surface area contributed by atoms with Crippen LogP contribution in [0.25, 0.3) is 0 Å². The van der Waals surface area contributed by atoms with Crippen LogP contribution >= 0.6 is 27.3 Å². The molecule has 2 rings (SSSR count). The van der Waals surface area contributed by atoms with E-state index in [-0.39, 0.29) is 5.41 Å². The molecule has 0 saturated carbocycles. The van der Waals surface area contributed by atoms with Crippen LogP contribution in [-0.4, -0.2) is 12.0 Å². The van der Waals surface area contributed by atoms with Crippen molar-refractivity contribution in [3.05, 3.63) is 49.9 Å². The zero-order valence-corrected chi connectivity index (χ0v) is 14.9. The van der Waals surface area contributed by atoms with E-state index in [2.05, 4.69) is 66.3 Å². The van der Waals surface area contributed by atoms with Gasteiger partial charge in [0.2, 0.25) is 0 Å². The van der Waals surface area contributed by atoms with Crippen LogP contribution in [0.5, 0.6) is 0 Å². The first-order chi connectivity index (χ1) is 9.40. The molecule has 108 valence electrons. The van der Waals surface area contributed by atoms with Gasteiger partial charge in [-0.15, -0.1) is 11.3 Å². The molecule has 0 amide bonds. The molecule has 1 heterocycles. The van der Waals surface area contributed by atoms with Gasteiger partial charge in [0.05, 0.1) is 10.7 Å². The van der Waals surface area contributed by atoms with Crippen molar-refractivity contribution in [2.75, 3.05) is 7.05 Å². The highest BCUT2D eigenvalue weighted by Gasteiger charge is 2.22. The average molecular weight is 353 g/mol. The van der Waals surface area contributed by atoms with Crippen molar-refractivity contribution >= 4 is 27.3 Å². The van der Waals surface area contributed by atoms with E-state index in [0.29, 0.717) is 0 Å². The maximum atomic E-state index is 4.89. The van der Waals surface area contributed by atoms with Gasteiger partial charge in [0.1, 0.15) is 0 Å². The molecule has 0 bridgehead atoms. The molecule has 0 spiro atoms. The Hall–Kier alpha value is -0.710. The molecule has 1 aromatic carbocycles. The Kier molecular flexibility index (Phi) is 4.99. The molecule has 0 saturated heterocycles. The monoisotopic (exact) mass is 352 g/mol. The first-order valence-corrected chi connectivity index (χ1v) is 8.39. The predicted molar refractivity (Wildman–Crippen MR) is 90.5 cm³/mol. The second kappa shape index (κ2) is 6.37. The van der Waals surface area contributed by atoms with Crippen molar-refractivity contribution in [1.29, 1.82) is 0 Å². The quantitative estimate of drug-likeness (QED) is 0.875. The summed E-state index contributed by atoms with van der Waals surface area (Å²) in [4.78, 5) is 6.24. The minimum atomic E-state index is 0.0954. The second-order valence-electron chi connectivity index (χ2n) is 5.97. The van der Waals surface area contributed by atoms with E-state index in [1.165, 1.54) is 21.1 Å². The summed E-state index contributed by atoms with van der Waals surface area (Å²) < 4.78 is 1.12. The minimum absolute atomic E-state index is 0.0954. The molecule has 0 aliphatic carbocycles. The zero-order chi connectivity index (χ0) is 14.8. The molecule has 0 fully saturated rings. The third-order valence-corrected chi connectivity index (χ3v) is 4.58. The Morgan fingerprint density at radius 3 is 2.65 bits per heavy atom. The first-order valence-electron chi connectivity index (χ1n) is 6.78. The van der Waals surface area contributed by atoms with E-state index < -0.39 is 0 Å². The third kappa shape index (κ3) is 3.90. The van der Waals surface area contributed by atoms with Gasteiger partial charge < -0.3 is 5.32 Å². The van der Waals surface area contributed by atoms with E-state index in [9.17, 15) is 0 Å². The molecule has 20 heavy (non-hydrogen) atoms. The number of thiazole rings is 1. The van der Waals surface area contributed by atoms with Crippen LogP contribution in [0, 0.1) is 0 Å². The maximum absolute atomic E-state index is 4.89. The van der Waals surface area contributed by atoms with Crippen molar-refractivity contribution in [2.45, 2.75) is 39.2 Å². The molecule has 2 aromatic rings. The number of halogens is 1. The maximum Gasteiger partial charge on any atom is 0.0975 e. The summed E-state index contributed by atoms with van der Waals surface area (Å²) in [5.41, 5.74) is 2.62. The van der Waals surface area contributed by atoms with Gasteiger partial charge in [0, 0.05) is 27.7 Å². The summed E-state index contributed by atoms with van der Waals surface area (Å²) in [6.45, 7) is 7.57. The Labute approximate surface area is 133 Å². The normalized spacial score (nSPS) is 11.8. The molecular weight excluding hydrogens is 332 g/mol. The Morgan fingerprint density at radius 2 is 2.05 bits per heavy atom. The predicted octanol–water partition coefficient (Wildman–Crippen LogP) is 4.51. The van der Waals surface area contributed by atoms with Crippen LogP contribution in [0.3, 0.4) is 0 Å². The van der Waals surface area contributed by atoms with Gasteiger partial charge in [-0.25, -0.2) is 4.98 Å². The molecular formula is C16H21BrN2S. The van der Waals surface area contributed by atoms with Crippen molar-refractivity contribution in [1.82, 2.24) is 10.3 Å². The molecule has 4 heteroatoms. The largest absolute Gasteiger partial charge is 0.315 e.